The molecule has 2 aromatic carbocycles. The second-order valence-electron chi connectivity index (χ2n) is 7.68. The van der Waals surface area contributed by atoms with E-state index in [9.17, 15) is 0 Å². The molecule has 1 aliphatic heterocycles. The van der Waals surface area contributed by atoms with Crippen LogP contribution in [0.2, 0.25) is 0 Å². The normalized spacial score (nSPS) is 11.7. The van der Waals surface area contributed by atoms with Crippen molar-refractivity contribution in [3.8, 4) is 34.3 Å². The van der Waals surface area contributed by atoms with Gasteiger partial charge in [-0.3, -0.25) is 4.98 Å². The molecule has 7 heteroatoms. The van der Waals surface area contributed by atoms with E-state index in [1.54, 1.807) is 27.5 Å². The van der Waals surface area contributed by atoms with Crippen LogP contribution in [0.5, 0.6) is 23.0 Å². The summed E-state index contributed by atoms with van der Waals surface area (Å²) in [7, 11) is 5.00. The van der Waals surface area contributed by atoms with Crippen molar-refractivity contribution in [2.75, 3.05) is 21.3 Å². The second-order valence-corrected chi connectivity index (χ2v) is 7.68. The fourth-order valence-electron chi connectivity index (χ4n) is 4.27. The second kappa shape index (κ2) is 9.67. The summed E-state index contributed by atoms with van der Waals surface area (Å²) < 4.78 is 25.1. The quantitative estimate of drug-likeness (QED) is 0.368. The van der Waals surface area contributed by atoms with E-state index in [-0.39, 0.29) is 17.0 Å². The Labute approximate surface area is 203 Å². The van der Waals surface area contributed by atoms with Gasteiger partial charge in [0.05, 0.1) is 38.0 Å². The molecular weight excluding hydrogens is 484 g/mol. The van der Waals surface area contributed by atoms with Gasteiger partial charge >= 0.3 is 0 Å². The van der Waals surface area contributed by atoms with Crippen molar-refractivity contribution in [2.24, 2.45) is 0 Å². The molecule has 0 atom stereocenters. The van der Waals surface area contributed by atoms with Crippen LogP contribution in [0.25, 0.3) is 22.0 Å². The van der Waals surface area contributed by atoms with Crippen LogP contribution in [0.1, 0.15) is 11.3 Å². The first-order chi connectivity index (χ1) is 15.7. The molecule has 6 nitrogen and oxygen atoms in total. The molecule has 170 valence electrons. The summed E-state index contributed by atoms with van der Waals surface area (Å²) in [5, 5.41) is 2.09. The smallest absolute Gasteiger partial charge is 0.213 e. The van der Waals surface area contributed by atoms with Gasteiger partial charge in [-0.15, -0.1) is 0 Å². The minimum absolute atomic E-state index is 0. The Morgan fingerprint density at radius 3 is 2.42 bits per heavy atom. The molecule has 0 unspecified atom stereocenters. The molecule has 5 rings (SSSR count). The van der Waals surface area contributed by atoms with Crippen molar-refractivity contribution in [1.29, 1.82) is 0 Å². The number of rotatable bonds is 6. The van der Waals surface area contributed by atoms with Crippen LogP contribution in [0, 0.1) is 0 Å². The number of fused-ring (bicyclic) bond motifs is 4. The lowest BCUT2D eigenvalue weighted by atomic mass is 9.95. The monoisotopic (exact) mass is 508 g/mol. The number of hydrogen-bond acceptors (Lipinski definition) is 5. The average Bonchev–Trinajstić information content (AvgIpc) is 2.85. The largest absolute Gasteiger partial charge is 1.00 e. The summed E-state index contributed by atoms with van der Waals surface area (Å²) in [6.07, 6.45) is 4.83. The summed E-state index contributed by atoms with van der Waals surface area (Å²) in [5.41, 5.74) is 4.41. The maximum absolute atomic E-state index is 6.22. The highest BCUT2D eigenvalue weighted by Crippen LogP contribution is 2.40. The van der Waals surface area contributed by atoms with Crippen molar-refractivity contribution in [3.05, 3.63) is 72.2 Å². The van der Waals surface area contributed by atoms with Crippen LogP contribution in [0.15, 0.2) is 60.9 Å². The Hall–Kier alpha value is -3.32. The maximum atomic E-state index is 6.22. The van der Waals surface area contributed by atoms with Crippen LogP contribution in [0.4, 0.5) is 0 Å². The van der Waals surface area contributed by atoms with E-state index in [0.29, 0.717) is 12.4 Å². The van der Waals surface area contributed by atoms with Crippen molar-refractivity contribution in [3.63, 3.8) is 0 Å². The first-order valence-electron chi connectivity index (χ1n) is 10.5. The minimum Gasteiger partial charge on any atom is -1.00 e. The Balaban J connectivity index is 0.00000259. The van der Waals surface area contributed by atoms with Gasteiger partial charge in [0.2, 0.25) is 5.69 Å². The summed E-state index contributed by atoms with van der Waals surface area (Å²) in [5.74, 6) is 2.92. The number of hydrogen-bond donors (Lipinski definition) is 0. The molecule has 0 aliphatic carbocycles. The fourth-order valence-corrected chi connectivity index (χ4v) is 4.27. The third kappa shape index (κ3) is 4.20. The number of ether oxygens (including phenoxy) is 4. The Morgan fingerprint density at radius 1 is 0.909 bits per heavy atom. The topological polar surface area (TPSA) is 53.7 Å². The summed E-state index contributed by atoms with van der Waals surface area (Å²) in [6.45, 7) is 1.24. The molecule has 0 spiro atoms. The zero-order chi connectivity index (χ0) is 22.1. The molecule has 3 heterocycles. The van der Waals surface area contributed by atoms with Crippen LogP contribution in [-0.4, -0.2) is 26.3 Å². The third-order valence-electron chi connectivity index (χ3n) is 5.90. The minimum atomic E-state index is 0. The number of benzene rings is 2. The van der Waals surface area contributed by atoms with Gasteiger partial charge in [-0.05, 0) is 47.3 Å². The molecular formula is C26H25BrN2O4. The molecule has 0 saturated carbocycles. The highest BCUT2D eigenvalue weighted by Gasteiger charge is 2.27. The van der Waals surface area contributed by atoms with Gasteiger partial charge in [0.1, 0.15) is 6.61 Å². The standard InChI is InChI=1S/C26H25N2O4.BrH/c1-29-23-8-7-17-12-22-20-14-25(31-3)24(30-2)13-18(20)9-11-28(22)15-21(17)26(23)32-16-19-6-4-5-10-27-19;/h4-8,10,12-15H,9,11,16H2,1-3H3;1H/q+1;/p-1. The van der Waals surface area contributed by atoms with E-state index in [0.717, 1.165) is 57.9 Å². The number of aryl methyl sites for hydroxylation is 2. The van der Waals surface area contributed by atoms with E-state index in [2.05, 4.69) is 40.0 Å². The zero-order valence-corrected chi connectivity index (χ0v) is 20.4. The van der Waals surface area contributed by atoms with Gasteiger partial charge in [0, 0.05) is 18.7 Å². The van der Waals surface area contributed by atoms with E-state index in [4.69, 9.17) is 18.9 Å². The maximum Gasteiger partial charge on any atom is 0.213 e. The fraction of sp³-hybridized carbons (Fsp3) is 0.231. The van der Waals surface area contributed by atoms with Gasteiger partial charge in [-0.2, -0.15) is 4.57 Å². The van der Waals surface area contributed by atoms with Gasteiger partial charge in [-0.25, -0.2) is 0 Å². The summed E-state index contributed by atoms with van der Waals surface area (Å²) in [6, 6.07) is 16.2. The number of nitrogens with zero attached hydrogens (tertiary/aromatic N) is 2. The van der Waals surface area contributed by atoms with Crippen molar-refractivity contribution in [1.82, 2.24) is 4.98 Å². The van der Waals surface area contributed by atoms with Crippen molar-refractivity contribution in [2.45, 2.75) is 19.6 Å². The lowest BCUT2D eigenvalue weighted by Gasteiger charge is -2.19. The van der Waals surface area contributed by atoms with Crippen LogP contribution in [-0.2, 0) is 19.6 Å². The van der Waals surface area contributed by atoms with E-state index >= 15 is 0 Å². The lowest BCUT2D eigenvalue weighted by molar-refractivity contribution is -0.686. The highest BCUT2D eigenvalue weighted by atomic mass is 79.9. The first kappa shape index (κ1) is 22.9. The molecule has 0 radical (unpaired) electrons. The van der Waals surface area contributed by atoms with E-state index in [1.165, 1.54) is 5.56 Å². The molecule has 0 bridgehead atoms. The number of methoxy groups -OCH3 is 3. The molecule has 0 saturated heterocycles. The summed E-state index contributed by atoms with van der Waals surface area (Å²) in [4.78, 5) is 4.36. The van der Waals surface area contributed by atoms with E-state index in [1.807, 2.05) is 24.3 Å². The number of pyridine rings is 2. The predicted molar refractivity (Wildman–Crippen MR) is 122 cm³/mol. The van der Waals surface area contributed by atoms with Gasteiger partial charge < -0.3 is 35.9 Å². The Bertz CT molecular complexity index is 1290. The highest BCUT2D eigenvalue weighted by molar-refractivity contribution is 5.91. The Kier molecular flexibility index (Phi) is 6.70. The molecule has 4 aromatic rings. The molecule has 2 aromatic heterocycles. The molecule has 0 N–H and O–H groups in total. The van der Waals surface area contributed by atoms with E-state index < -0.39 is 0 Å². The van der Waals surface area contributed by atoms with Gasteiger partial charge in [0.25, 0.3) is 0 Å². The number of aromatic nitrogens is 2. The number of halogens is 1. The molecule has 33 heavy (non-hydrogen) atoms. The predicted octanol–water partition coefficient (Wildman–Crippen LogP) is 1.35. The molecule has 0 amide bonds. The van der Waals surface area contributed by atoms with Crippen LogP contribution < -0.4 is 40.5 Å². The van der Waals surface area contributed by atoms with Crippen molar-refractivity contribution < 1.29 is 40.5 Å². The Morgan fingerprint density at radius 2 is 1.70 bits per heavy atom. The SMILES string of the molecule is COc1cc2c(cc1OC)-c1cc3ccc(OC)c(OCc4ccccn4)c3c[n+]1CC2.[Br-]. The van der Waals surface area contributed by atoms with Crippen LogP contribution in [0.3, 0.4) is 0 Å². The summed E-state index contributed by atoms with van der Waals surface area (Å²) >= 11 is 0. The van der Waals surface area contributed by atoms with Gasteiger partial charge in [0.15, 0.2) is 35.7 Å². The van der Waals surface area contributed by atoms with Gasteiger partial charge in [-0.1, -0.05) is 6.07 Å². The molecule has 1 aliphatic rings. The lowest BCUT2D eigenvalue weighted by Crippen LogP contribution is -3.00. The van der Waals surface area contributed by atoms with Crippen LogP contribution >= 0.6 is 0 Å². The molecule has 0 fully saturated rings. The third-order valence-corrected chi connectivity index (χ3v) is 5.90. The average molecular weight is 509 g/mol. The zero-order valence-electron chi connectivity index (χ0n) is 18.8. The van der Waals surface area contributed by atoms with Crippen molar-refractivity contribution >= 4 is 10.8 Å². The first-order valence-corrected chi connectivity index (χ1v) is 10.5.